The number of para-hydroxylation sites is 1. The second-order valence-corrected chi connectivity index (χ2v) is 7.12. The lowest BCUT2D eigenvalue weighted by molar-refractivity contribution is 0.601. The SMILES string of the molecule is Nc1ccccc1S(=O)(=O)Nc1nc2c(s1)CCC2. The summed E-state index contributed by atoms with van der Waals surface area (Å²) in [6, 6.07) is 6.40. The first-order valence-corrected chi connectivity index (χ1v) is 8.22. The molecular weight excluding hydrogens is 282 g/mol. The van der Waals surface area contributed by atoms with Gasteiger partial charge in [-0.15, -0.1) is 11.3 Å². The zero-order valence-corrected chi connectivity index (χ0v) is 11.7. The van der Waals surface area contributed by atoms with Crippen molar-refractivity contribution in [3.8, 4) is 0 Å². The van der Waals surface area contributed by atoms with Crippen molar-refractivity contribution in [3.63, 3.8) is 0 Å². The van der Waals surface area contributed by atoms with Crippen molar-refractivity contribution in [1.82, 2.24) is 4.98 Å². The fourth-order valence-corrected chi connectivity index (χ4v) is 4.55. The highest BCUT2D eigenvalue weighted by molar-refractivity contribution is 7.93. The van der Waals surface area contributed by atoms with Crippen molar-refractivity contribution in [1.29, 1.82) is 0 Å². The van der Waals surface area contributed by atoms with Crippen LogP contribution in [0.15, 0.2) is 29.2 Å². The average Bonchev–Trinajstić information content (AvgIpc) is 2.89. The van der Waals surface area contributed by atoms with Gasteiger partial charge in [0.2, 0.25) is 0 Å². The van der Waals surface area contributed by atoms with Gasteiger partial charge in [-0.1, -0.05) is 12.1 Å². The van der Waals surface area contributed by atoms with Crippen LogP contribution in [-0.4, -0.2) is 13.4 Å². The van der Waals surface area contributed by atoms with Gasteiger partial charge in [-0.2, -0.15) is 0 Å². The zero-order chi connectivity index (χ0) is 13.5. The minimum Gasteiger partial charge on any atom is -0.398 e. The van der Waals surface area contributed by atoms with Crippen molar-refractivity contribution in [2.24, 2.45) is 0 Å². The van der Waals surface area contributed by atoms with Crippen LogP contribution in [0.4, 0.5) is 10.8 Å². The minimum atomic E-state index is -3.66. The second kappa shape index (κ2) is 4.50. The van der Waals surface area contributed by atoms with E-state index < -0.39 is 10.0 Å². The first-order valence-electron chi connectivity index (χ1n) is 5.92. The summed E-state index contributed by atoms with van der Waals surface area (Å²) >= 11 is 1.41. The summed E-state index contributed by atoms with van der Waals surface area (Å²) in [5.41, 5.74) is 6.95. The van der Waals surface area contributed by atoms with E-state index in [9.17, 15) is 8.42 Å². The number of nitrogens with two attached hydrogens (primary N) is 1. The summed E-state index contributed by atoms with van der Waals surface area (Å²) in [5.74, 6) is 0. The highest BCUT2D eigenvalue weighted by Gasteiger charge is 2.22. The lowest BCUT2D eigenvalue weighted by Gasteiger charge is -2.07. The van der Waals surface area contributed by atoms with Gasteiger partial charge in [-0.25, -0.2) is 13.4 Å². The van der Waals surface area contributed by atoms with Gasteiger partial charge in [0.1, 0.15) is 4.90 Å². The van der Waals surface area contributed by atoms with Crippen LogP contribution in [0.5, 0.6) is 0 Å². The molecule has 0 atom stereocenters. The van der Waals surface area contributed by atoms with E-state index in [0.29, 0.717) is 5.13 Å². The summed E-state index contributed by atoms with van der Waals surface area (Å²) in [6.07, 6.45) is 3.02. The molecule has 0 spiro atoms. The smallest absolute Gasteiger partial charge is 0.265 e. The number of rotatable bonds is 3. The van der Waals surface area contributed by atoms with Gasteiger partial charge in [0.05, 0.1) is 11.4 Å². The molecule has 1 aromatic carbocycles. The molecule has 2 aromatic rings. The molecular formula is C12H13N3O2S2. The number of aromatic nitrogens is 1. The van der Waals surface area contributed by atoms with Crippen molar-refractivity contribution >= 4 is 32.2 Å². The number of nitrogen functional groups attached to an aromatic ring is 1. The summed E-state index contributed by atoms with van der Waals surface area (Å²) in [4.78, 5) is 5.59. The van der Waals surface area contributed by atoms with Crippen LogP contribution in [-0.2, 0) is 22.9 Å². The molecule has 0 aliphatic heterocycles. The molecule has 0 saturated heterocycles. The van der Waals surface area contributed by atoms with Crippen molar-refractivity contribution in [2.75, 3.05) is 10.5 Å². The molecule has 3 rings (SSSR count). The molecule has 100 valence electrons. The Labute approximate surface area is 115 Å². The second-order valence-electron chi connectivity index (χ2n) is 4.39. The predicted molar refractivity (Wildman–Crippen MR) is 75.8 cm³/mol. The Kier molecular flexibility index (Phi) is 2.94. The van der Waals surface area contributed by atoms with Crippen LogP contribution >= 0.6 is 11.3 Å². The Morgan fingerprint density at radius 2 is 2.05 bits per heavy atom. The maximum Gasteiger partial charge on any atom is 0.265 e. The van der Waals surface area contributed by atoms with Crippen LogP contribution in [0.1, 0.15) is 17.0 Å². The van der Waals surface area contributed by atoms with E-state index in [2.05, 4.69) is 9.71 Å². The van der Waals surface area contributed by atoms with E-state index in [1.807, 2.05) is 0 Å². The van der Waals surface area contributed by atoms with Crippen LogP contribution in [0.25, 0.3) is 0 Å². The van der Waals surface area contributed by atoms with Crippen molar-refractivity contribution < 1.29 is 8.42 Å². The highest BCUT2D eigenvalue weighted by atomic mass is 32.2. The Bertz CT molecular complexity index is 701. The molecule has 19 heavy (non-hydrogen) atoms. The largest absolute Gasteiger partial charge is 0.398 e. The van der Waals surface area contributed by atoms with Gasteiger partial charge in [0, 0.05) is 4.88 Å². The van der Waals surface area contributed by atoms with E-state index in [-0.39, 0.29) is 10.6 Å². The molecule has 0 saturated carbocycles. The Morgan fingerprint density at radius 3 is 2.79 bits per heavy atom. The highest BCUT2D eigenvalue weighted by Crippen LogP contribution is 2.32. The van der Waals surface area contributed by atoms with E-state index in [4.69, 9.17) is 5.73 Å². The number of thiazole rings is 1. The first kappa shape index (κ1) is 12.4. The fourth-order valence-electron chi connectivity index (χ4n) is 2.13. The van der Waals surface area contributed by atoms with Crippen molar-refractivity contribution in [3.05, 3.63) is 34.8 Å². The number of sulfonamides is 1. The summed E-state index contributed by atoms with van der Waals surface area (Å²) in [6.45, 7) is 0. The number of benzene rings is 1. The Morgan fingerprint density at radius 1 is 1.26 bits per heavy atom. The normalized spacial score (nSPS) is 14.3. The van der Waals surface area contributed by atoms with Crippen LogP contribution in [0.2, 0.25) is 0 Å². The summed E-state index contributed by atoms with van der Waals surface area (Å²) < 4.78 is 27.0. The molecule has 0 fully saturated rings. The first-order chi connectivity index (χ1) is 9.06. The number of anilines is 2. The van der Waals surface area contributed by atoms with Crippen LogP contribution in [0.3, 0.4) is 0 Å². The van der Waals surface area contributed by atoms with Crippen LogP contribution in [0, 0.1) is 0 Å². The van der Waals surface area contributed by atoms with E-state index in [0.717, 1.165) is 25.0 Å². The maximum atomic E-state index is 12.2. The molecule has 1 aliphatic rings. The van der Waals surface area contributed by atoms with Gasteiger partial charge < -0.3 is 5.73 Å². The Hall–Kier alpha value is -1.60. The number of nitrogens with zero attached hydrogens (tertiary/aromatic N) is 1. The third-order valence-electron chi connectivity index (χ3n) is 3.03. The quantitative estimate of drug-likeness (QED) is 0.848. The van der Waals surface area contributed by atoms with Gasteiger partial charge in [0.15, 0.2) is 5.13 Å². The van der Waals surface area contributed by atoms with Crippen LogP contribution < -0.4 is 10.5 Å². The predicted octanol–water partition coefficient (Wildman–Crippen LogP) is 2.01. The lowest BCUT2D eigenvalue weighted by Crippen LogP contribution is -2.14. The lowest BCUT2D eigenvalue weighted by atomic mass is 10.3. The standard InChI is InChI=1S/C12H13N3O2S2/c13-8-4-1-2-7-11(8)19(16,17)15-12-14-9-5-3-6-10(9)18-12/h1-2,4,7H,3,5-6,13H2,(H,14,15). The molecule has 7 heteroatoms. The topological polar surface area (TPSA) is 85.1 Å². The van der Waals surface area contributed by atoms with E-state index in [1.54, 1.807) is 18.2 Å². The molecule has 0 amide bonds. The van der Waals surface area contributed by atoms with Gasteiger partial charge in [-0.3, -0.25) is 4.72 Å². The fraction of sp³-hybridized carbons (Fsp3) is 0.250. The van der Waals surface area contributed by atoms with E-state index in [1.165, 1.54) is 22.3 Å². The molecule has 1 heterocycles. The maximum absolute atomic E-state index is 12.2. The van der Waals surface area contributed by atoms with Crippen molar-refractivity contribution in [2.45, 2.75) is 24.2 Å². The number of aryl methyl sites for hydroxylation is 2. The Balaban J connectivity index is 1.91. The molecule has 1 aromatic heterocycles. The molecule has 5 nitrogen and oxygen atoms in total. The van der Waals surface area contributed by atoms with E-state index >= 15 is 0 Å². The summed E-state index contributed by atoms with van der Waals surface area (Å²) in [5, 5.41) is 0.424. The molecule has 0 bridgehead atoms. The number of fused-ring (bicyclic) bond motifs is 1. The number of hydrogen-bond donors (Lipinski definition) is 2. The van der Waals surface area contributed by atoms with Gasteiger partial charge in [-0.05, 0) is 31.4 Å². The zero-order valence-electron chi connectivity index (χ0n) is 10.1. The number of nitrogens with one attached hydrogen (secondary N) is 1. The monoisotopic (exact) mass is 295 g/mol. The molecule has 0 radical (unpaired) electrons. The third-order valence-corrected chi connectivity index (χ3v) is 5.64. The third kappa shape index (κ3) is 2.31. The minimum absolute atomic E-state index is 0.0883. The average molecular weight is 295 g/mol. The summed E-state index contributed by atoms with van der Waals surface area (Å²) in [7, 11) is -3.66. The molecule has 3 N–H and O–H groups in total. The van der Waals surface area contributed by atoms with Gasteiger partial charge in [0.25, 0.3) is 10.0 Å². The molecule has 0 unspecified atom stereocenters. The number of hydrogen-bond acceptors (Lipinski definition) is 5. The van der Waals surface area contributed by atoms with Gasteiger partial charge >= 0.3 is 0 Å². The molecule has 1 aliphatic carbocycles.